The smallest absolute Gasteiger partial charge is 0.343 e. The van der Waals surface area contributed by atoms with Crippen LogP contribution >= 0.6 is 11.6 Å². The van der Waals surface area contributed by atoms with Crippen molar-refractivity contribution in [1.82, 2.24) is 14.3 Å². The number of aromatic nitrogens is 3. The highest BCUT2D eigenvalue weighted by Crippen LogP contribution is 2.45. The average Bonchev–Trinajstić information content (AvgIpc) is 3.32. The van der Waals surface area contributed by atoms with E-state index in [-0.39, 0.29) is 52.0 Å². The van der Waals surface area contributed by atoms with Gasteiger partial charge in [0.2, 0.25) is 5.43 Å². The van der Waals surface area contributed by atoms with Gasteiger partial charge in [0.25, 0.3) is 5.88 Å². The van der Waals surface area contributed by atoms with E-state index in [1.807, 2.05) is 20.8 Å². The van der Waals surface area contributed by atoms with Crippen LogP contribution < -0.4 is 10.2 Å². The number of nitrogens with zero attached hydrogens (tertiary/aromatic N) is 3. The number of esters is 1. The third kappa shape index (κ3) is 3.74. The first kappa shape index (κ1) is 21.8. The molecule has 4 rings (SSSR count). The summed E-state index contributed by atoms with van der Waals surface area (Å²) in [5, 5.41) is 4.59. The third-order valence-corrected chi connectivity index (χ3v) is 5.95. The number of ether oxygens (including phenoxy) is 3. The van der Waals surface area contributed by atoms with Gasteiger partial charge in [-0.25, -0.2) is 9.18 Å². The van der Waals surface area contributed by atoms with Crippen LogP contribution in [0.25, 0.3) is 11.4 Å². The van der Waals surface area contributed by atoms with Crippen LogP contribution in [0.3, 0.4) is 0 Å². The van der Waals surface area contributed by atoms with Crippen LogP contribution in [0.1, 0.15) is 50.5 Å². The Hall–Kier alpha value is -2.39. The van der Waals surface area contributed by atoms with E-state index >= 15 is 4.39 Å². The molecule has 0 unspecified atom stereocenters. The number of carbonyl (C=O) groups is 1. The molecular weight excluding hydrogens is 429 g/mol. The van der Waals surface area contributed by atoms with Crippen molar-refractivity contribution in [2.24, 2.45) is 5.41 Å². The van der Waals surface area contributed by atoms with Crippen LogP contribution in [0.15, 0.2) is 11.0 Å². The monoisotopic (exact) mass is 453 g/mol. The van der Waals surface area contributed by atoms with Crippen molar-refractivity contribution in [1.29, 1.82) is 0 Å². The van der Waals surface area contributed by atoms with Gasteiger partial charge in [0.1, 0.15) is 28.1 Å². The van der Waals surface area contributed by atoms with Gasteiger partial charge in [-0.1, -0.05) is 32.4 Å². The highest BCUT2D eigenvalue weighted by atomic mass is 35.5. The molecule has 1 fully saturated rings. The van der Waals surface area contributed by atoms with Gasteiger partial charge < -0.3 is 18.8 Å². The van der Waals surface area contributed by atoms with Crippen LogP contribution in [0.5, 0.6) is 5.88 Å². The average molecular weight is 454 g/mol. The summed E-state index contributed by atoms with van der Waals surface area (Å²) in [6.07, 6.45) is 1.88. The molecule has 2 aliphatic rings. The van der Waals surface area contributed by atoms with Gasteiger partial charge in [0.15, 0.2) is 5.82 Å². The van der Waals surface area contributed by atoms with Crippen LogP contribution in [0, 0.1) is 11.2 Å². The maximum atomic E-state index is 15.5. The molecule has 2 atom stereocenters. The van der Waals surface area contributed by atoms with Gasteiger partial charge in [-0.15, -0.1) is 5.10 Å². The normalized spacial score (nSPS) is 20.3. The second-order valence-corrected chi connectivity index (χ2v) is 9.18. The summed E-state index contributed by atoms with van der Waals surface area (Å²) >= 11 is 6.56. The lowest BCUT2D eigenvalue weighted by Gasteiger charge is -2.38. The fourth-order valence-corrected chi connectivity index (χ4v) is 4.26. The van der Waals surface area contributed by atoms with Gasteiger partial charge in [-0.3, -0.25) is 9.48 Å². The molecule has 0 N–H and O–H groups in total. The van der Waals surface area contributed by atoms with E-state index in [1.165, 1.54) is 6.20 Å². The maximum Gasteiger partial charge on any atom is 0.343 e. The fraction of sp³-hybridized carbons (Fsp3) is 0.571. The van der Waals surface area contributed by atoms with Gasteiger partial charge in [0.05, 0.1) is 32.4 Å². The molecule has 0 bridgehead atoms. The van der Waals surface area contributed by atoms with Gasteiger partial charge in [0, 0.05) is 12.6 Å². The Balaban J connectivity index is 1.90. The van der Waals surface area contributed by atoms with Crippen LogP contribution in [0.4, 0.5) is 4.39 Å². The molecule has 2 aliphatic heterocycles. The van der Waals surface area contributed by atoms with Crippen LogP contribution in [-0.4, -0.2) is 46.2 Å². The molecule has 4 heterocycles. The molecule has 0 spiro atoms. The summed E-state index contributed by atoms with van der Waals surface area (Å²) in [6.45, 7) is 9.05. The fourth-order valence-electron chi connectivity index (χ4n) is 3.99. The van der Waals surface area contributed by atoms with Crippen molar-refractivity contribution in [2.75, 3.05) is 19.8 Å². The summed E-state index contributed by atoms with van der Waals surface area (Å²) in [4.78, 5) is 25.0. The van der Waals surface area contributed by atoms with Crippen LogP contribution in [0.2, 0.25) is 5.02 Å². The number of hydrogen-bond acceptors (Lipinski definition) is 6. The zero-order valence-corrected chi connectivity index (χ0v) is 18.7. The number of fused-ring (bicyclic) bond motifs is 3. The van der Waals surface area contributed by atoms with Gasteiger partial charge in [-0.2, -0.15) is 0 Å². The largest absolute Gasteiger partial charge is 0.470 e. The molecule has 8 nitrogen and oxygen atoms in total. The van der Waals surface area contributed by atoms with E-state index in [2.05, 4.69) is 5.10 Å². The van der Waals surface area contributed by atoms with Crippen LogP contribution in [-0.2, 0) is 16.0 Å². The SMILES string of the molecule is CCOC(=O)c1cn2c(c(F)c1=O)-c1c(Cl)c(O[C@H]3CCOC3)nn1C[C@H]2C(C)(C)C. The molecule has 2 aromatic rings. The Bertz CT molecular complexity index is 1080. The van der Waals surface area contributed by atoms with Crippen molar-refractivity contribution >= 4 is 17.6 Å². The number of pyridine rings is 1. The predicted molar refractivity (Wildman–Crippen MR) is 111 cm³/mol. The maximum absolute atomic E-state index is 15.5. The Morgan fingerprint density at radius 1 is 1.39 bits per heavy atom. The highest BCUT2D eigenvalue weighted by Gasteiger charge is 2.39. The molecule has 168 valence electrons. The van der Waals surface area contributed by atoms with E-state index < -0.39 is 17.2 Å². The van der Waals surface area contributed by atoms with E-state index in [0.29, 0.717) is 26.2 Å². The minimum absolute atomic E-state index is 0.0146. The lowest BCUT2D eigenvalue weighted by Crippen LogP contribution is -2.37. The molecule has 10 heteroatoms. The van der Waals surface area contributed by atoms with Crippen molar-refractivity contribution < 1.29 is 23.4 Å². The van der Waals surface area contributed by atoms with Gasteiger partial charge >= 0.3 is 5.97 Å². The first-order valence-corrected chi connectivity index (χ1v) is 10.6. The second kappa shape index (κ2) is 7.94. The van der Waals surface area contributed by atoms with E-state index in [1.54, 1.807) is 16.2 Å². The number of halogens is 2. The lowest BCUT2D eigenvalue weighted by molar-refractivity contribution is 0.0521. The zero-order chi connectivity index (χ0) is 22.5. The Kier molecular flexibility index (Phi) is 5.59. The molecular formula is C21H25ClFN3O5. The van der Waals surface area contributed by atoms with Crippen molar-refractivity contribution in [3.8, 4) is 17.3 Å². The molecule has 0 aromatic carbocycles. The molecule has 1 saturated heterocycles. The highest BCUT2D eigenvalue weighted by molar-refractivity contribution is 6.34. The standard InChI is InChI=1S/C21H25ClFN3O5/c1-5-30-20(28)12-8-25-13(21(2,3)4)9-26-16(17(25)15(23)18(12)27)14(22)19(24-26)31-11-6-7-29-10-11/h8,11,13H,5-7,9-10H2,1-4H3/t11-,13-/m0/s1. The van der Waals surface area contributed by atoms with Gasteiger partial charge in [-0.05, 0) is 12.3 Å². The summed E-state index contributed by atoms with van der Waals surface area (Å²) in [7, 11) is 0. The molecule has 31 heavy (non-hydrogen) atoms. The second-order valence-electron chi connectivity index (χ2n) is 8.80. The zero-order valence-electron chi connectivity index (χ0n) is 17.9. The molecule has 0 radical (unpaired) electrons. The Labute approximate surface area is 183 Å². The first-order chi connectivity index (χ1) is 14.6. The molecule has 0 amide bonds. The summed E-state index contributed by atoms with van der Waals surface area (Å²) < 4.78 is 34.8. The molecule has 0 saturated carbocycles. The number of carbonyl (C=O) groups excluding carboxylic acids is 1. The lowest BCUT2D eigenvalue weighted by atomic mass is 9.85. The topological polar surface area (TPSA) is 84.6 Å². The molecule has 2 aromatic heterocycles. The van der Waals surface area contributed by atoms with Crippen molar-refractivity contribution in [2.45, 2.75) is 52.8 Å². The van der Waals surface area contributed by atoms with E-state index in [0.717, 1.165) is 0 Å². The molecule has 0 aliphatic carbocycles. The number of rotatable bonds is 4. The minimum atomic E-state index is -1.07. The van der Waals surface area contributed by atoms with E-state index in [4.69, 9.17) is 25.8 Å². The summed E-state index contributed by atoms with van der Waals surface area (Å²) in [5.41, 5.74) is -1.49. The Morgan fingerprint density at radius 3 is 2.74 bits per heavy atom. The van der Waals surface area contributed by atoms with Crippen molar-refractivity contribution in [3.63, 3.8) is 0 Å². The third-order valence-electron chi connectivity index (χ3n) is 5.61. The Morgan fingerprint density at radius 2 is 2.13 bits per heavy atom. The summed E-state index contributed by atoms with van der Waals surface area (Å²) in [6, 6.07) is -0.308. The van der Waals surface area contributed by atoms with E-state index in [9.17, 15) is 9.59 Å². The summed E-state index contributed by atoms with van der Waals surface area (Å²) in [5.74, 6) is -1.75. The van der Waals surface area contributed by atoms with Crippen molar-refractivity contribution in [3.05, 3.63) is 32.8 Å². The quantitative estimate of drug-likeness (QED) is 0.659. The first-order valence-electron chi connectivity index (χ1n) is 10.3. The predicted octanol–water partition coefficient (Wildman–Crippen LogP) is 3.45. The minimum Gasteiger partial charge on any atom is -0.470 e. The number of hydrogen-bond donors (Lipinski definition) is 0.